The number of para-hydroxylation sites is 1. The molecule has 2 heterocycles. The van der Waals surface area contributed by atoms with E-state index in [9.17, 15) is 4.79 Å². The predicted molar refractivity (Wildman–Crippen MR) is 97.6 cm³/mol. The summed E-state index contributed by atoms with van der Waals surface area (Å²) in [5.74, 6) is 0.976. The van der Waals surface area contributed by atoms with Gasteiger partial charge in [-0.1, -0.05) is 55.5 Å². The monoisotopic (exact) mass is 332 g/mol. The van der Waals surface area contributed by atoms with Gasteiger partial charge in [0.1, 0.15) is 0 Å². The minimum Gasteiger partial charge on any atom is -0.317 e. The first kappa shape index (κ1) is 15.4. The molecule has 1 aliphatic heterocycles. The maximum Gasteiger partial charge on any atom is 0.324 e. The van der Waals surface area contributed by atoms with Gasteiger partial charge < -0.3 is 4.90 Å². The van der Waals surface area contributed by atoms with Crippen LogP contribution in [0.2, 0.25) is 0 Å². The average molecular weight is 332 g/mol. The third-order valence-corrected chi connectivity index (χ3v) is 4.66. The third-order valence-electron chi connectivity index (χ3n) is 4.66. The Labute approximate surface area is 146 Å². The summed E-state index contributed by atoms with van der Waals surface area (Å²) in [5, 5.41) is 2.95. The number of amides is 2. The van der Waals surface area contributed by atoms with E-state index in [1.807, 2.05) is 64.2 Å². The van der Waals surface area contributed by atoms with Crippen molar-refractivity contribution in [3.63, 3.8) is 0 Å². The van der Waals surface area contributed by atoms with Crippen LogP contribution in [0.1, 0.15) is 18.5 Å². The van der Waals surface area contributed by atoms with Crippen LogP contribution in [-0.2, 0) is 0 Å². The van der Waals surface area contributed by atoms with E-state index < -0.39 is 0 Å². The largest absolute Gasteiger partial charge is 0.324 e. The van der Waals surface area contributed by atoms with Gasteiger partial charge in [-0.25, -0.2) is 9.78 Å². The number of nitrogens with one attached hydrogen (secondary N) is 1. The second-order valence-corrected chi connectivity index (χ2v) is 6.37. The highest BCUT2D eigenvalue weighted by atomic mass is 16.2. The van der Waals surface area contributed by atoms with Crippen molar-refractivity contribution in [2.24, 2.45) is 5.92 Å². The number of imidazole rings is 1. The van der Waals surface area contributed by atoms with Gasteiger partial charge in [-0.15, -0.1) is 0 Å². The lowest BCUT2D eigenvalue weighted by molar-refractivity contribution is 0.0670. The van der Waals surface area contributed by atoms with E-state index in [0.29, 0.717) is 11.9 Å². The zero-order valence-corrected chi connectivity index (χ0v) is 14.0. The summed E-state index contributed by atoms with van der Waals surface area (Å²) in [7, 11) is 0. The summed E-state index contributed by atoms with van der Waals surface area (Å²) in [6.07, 6.45) is 3.54. The van der Waals surface area contributed by atoms with E-state index in [1.165, 1.54) is 5.56 Å². The van der Waals surface area contributed by atoms with Crippen LogP contribution in [0.5, 0.6) is 0 Å². The van der Waals surface area contributed by atoms with Gasteiger partial charge in [0.25, 0.3) is 0 Å². The summed E-state index contributed by atoms with van der Waals surface area (Å²) in [6, 6.07) is 20.0. The van der Waals surface area contributed by atoms with Gasteiger partial charge in [0.15, 0.2) is 0 Å². The molecule has 5 nitrogen and oxygen atoms in total. The van der Waals surface area contributed by atoms with E-state index >= 15 is 0 Å². The van der Waals surface area contributed by atoms with Crippen LogP contribution in [-0.4, -0.2) is 27.0 Å². The van der Waals surface area contributed by atoms with Gasteiger partial charge in [-0.2, -0.15) is 0 Å². The molecule has 0 bridgehead atoms. The summed E-state index contributed by atoms with van der Waals surface area (Å²) < 4.78 is 1.87. The van der Waals surface area contributed by atoms with Gasteiger partial charge in [0.05, 0.1) is 6.04 Å². The van der Waals surface area contributed by atoms with E-state index in [0.717, 1.165) is 12.2 Å². The van der Waals surface area contributed by atoms with Crippen molar-refractivity contribution in [1.82, 2.24) is 14.5 Å². The van der Waals surface area contributed by atoms with Crippen molar-refractivity contribution in [2.45, 2.75) is 13.0 Å². The molecule has 0 aliphatic carbocycles. The Morgan fingerprint density at radius 2 is 1.76 bits per heavy atom. The SMILES string of the molecule is C[C@@H]1CN(C(=O)Nc2nccn2-c2ccccc2)[C@H]1c1ccccc1. The fraction of sp³-hybridized carbons (Fsp3) is 0.200. The zero-order valence-electron chi connectivity index (χ0n) is 14.0. The molecule has 25 heavy (non-hydrogen) atoms. The van der Waals surface area contributed by atoms with Crippen LogP contribution in [0, 0.1) is 5.92 Å². The molecule has 1 saturated heterocycles. The Balaban J connectivity index is 1.53. The minimum absolute atomic E-state index is 0.112. The van der Waals surface area contributed by atoms with Crippen molar-refractivity contribution in [2.75, 3.05) is 11.9 Å². The molecule has 1 aromatic heterocycles. The quantitative estimate of drug-likeness (QED) is 0.785. The van der Waals surface area contributed by atoms with Crippen molar-refractivity contribution in [1.29, 1.82) is 0 Å². The Bertz CT molecular complexity index is 860. The zero-order chi connectivity index (χ0) is 17.2. The number of hydrogen-bond donors (Lipinski definition) is 1. The van der Waals surface area contributed by atoms with Gasteiger partial charge in [0, 0.05) is 24.6 Å². The number of likely N-dealkylation sites (tertiary alicyclic amines) is 1. The van der Waals surface area contributed by atoms with E-state index in [-0.39, 0.29) is 12.1 Å². The van der Waals surface area contributed by atoms with E-state index in [1.54, 1.807) is 6.20 Å². The normalized spacial score (nSPS) is 19.3. The third kappa shape index (κ3) is 2.89. The highest BCUT2D eigenvalue weighted by molar-refractivity contribution is 5.89. The first-order valence-corrected chi connectivity index (χ1v) is 8.45. The molecule has 3 aromatic rings. The first-order chi connectivity index (χ1) is 12.2. The molecular weight excluding hydrogens is 312 g/mol. The fourth-order valence-electron chi connectivity index (χ4n) is 3.42. The molecule has 2 amide bonds. The number of carbonyl (C=O) groups excluding carboxylic acids is 1. The Morgan fingerprint density at radius 3 is 2.44 bits per heavy atom. The van der Waals surface area contributed by atoms with Gasteiger partial charge in [0.2, 0.25) is 5.95 Å². The van der Waals surface area contributed by atoms with Crippen LogP contribution in [0.15, 0.2) is 73.1 Å². The smallest absolute Gasteiger partial charge is 0.317 e. The fourth-order valence-corrected chi connectivity index (χ4v) is 3.42. The number of aromatic nitrogens is 2. The molecule has 0 unspecified atom stereocenters. The maximum absolute atomic E-state index is 12.8. The van der Waals surface area contributed by atoms with Crippen molar-refractivity contribution in [3.05, 3.63) is 78.6 Å². The summed E-state index contributed by atoms with van der Waals surface area (Å²) in [6.45, 7) is 2.92. The van der Waals surface area contributed by atoms with Crippen LogP contribution in [0.3, 0.4) is 0 Å². The predicted octanol–water partition coefficient (Wildman–Crippen LogP) is 4.10. The van der Waals surface area contributed by atoms with E-state index in [4.69, 9.17) is 0 Å². The molecule has 2 aromatic carbocycles. The highest BCUT2D eigenvalue weighted by Gasteiger charge is 2.40. The van der Waals surface area contributed by atoms with Crippen LogP contribution < -0.4 is 5.32 Å². The second-order valence-electron chi connectivity index (χ2n) is 6.37. The highest BCUT2D eigenvalue weighted by Crippen LogP contribution is 2.38. The second kappa shape index (κ2) is 6.43. The number of carbonyl (C=O) groups is 1. The Morgan fingerprint density at radius 1 is 1.08 bits per heavy atom. The molecule has 0 spiro atoms. The molecule has 1 N–H and O–H groups in total. The maximum atomic E-state index is 12.8. The molecule has 2 atom stereocenters. The minimum atomic E-state index is -0.115. The lowest BCUT2D eigenvalue weighted by Crippen LogP contribution is -2.53. The molecule has 1 aliphatic rings. The van der Waals surface area contributed by atoms with E-state index in [2.05, 4.69) is 29.4 Å². The topological polar surface area (TPSA) is 50.2 Å². The summed E-state index contributed by atoms with van der Waals surface area (Å²) in [4.78, 5) is 18.9. The van der Waals surface area contributed by atoms with Gasteiger partial charge in [-0.3, -0.25) is 9.88 Å². The first-order valence-electron chi connectivity index (χ1n) is 8.45. The number of urea groups is 1. The lowest BCUT2D eigenvalue weighted by atomic mass is 9.85. The summed E-state index contributed by atoms with van der Waals surface area (Å²) in [5.41, 5.74) is 2.13. The Hall–Kier alpha value is -3.08. The summed E-state index contributed by atoms with van der Waals surface area (Å²) >= 11 is 0. The molecule has 4 rings (SSSR count). The van der Waals surface area contributed by atoms with Gasteiger partial charge >= 0.3 is 6.03 Å². The van der Waals surface area contributed by atoms with Crippen molar-refractivity contribution >= 4 is 12.0 Å². The Kier molecular flexibility index (Phi) is 3.98. The van der Waals surface area contributed by atoms with Crippen molar-refractivity contribution in [3.8, 4) is 5.69 Å². The van der Waals surface area contributed by atoms with Crippen LogP contribution in [0.25, 0.3) is 5.69 Å². The molecule has 1 fully saturated rings. The van der Waals surface area contributed by atoms with Gasteiger partial charge in [-0.05, 0) is 23.6 Å². The molecular formula is C20H20N4O. The van der Waals surface area contributed by atoms with Crippen LogP contribution in [0.4, 0.5) is 10.7 Å². The number of anilines is 1. The molecule has 126 valence electrons. The lowest BCUT2D eigenvalue weighted by Gasteiger charge is -2.46. The number of rotatable bonds is 3. The average Bonchev–Trinajstić information content (AvgIpc) is 3.09. The van der Waals surface area contributed by atoms with Crippen molar-refractivity contribution < 1.29 is 4.79 Å². The number of nitrogens with zero attached hydrogens (tertiary/aromatic N) is 3. The number of benzene rings is 2. The van der Waals surface area contributed by atoms with Crippen LogP contribution >= 0.6 is 0 Å². The molecule has 0 saturated carbocycles. The standard InChI is InChI=1S/C20H20N4O/c1-15-14-24(18(15)16-8-4-2-5-9-16)20(25)22-19-21-12-13-23(19)17-10-6-3-7-11-17/h2-13,15,18H,14H2,1H3,(H,21,22,25)/t15-,18-/m1/s1. The molecule has 0 radical (unpaired) electrons. The number of hydrogen-bond acceptors (Lipinski definition) is 2. The molecule has 5 heteroatoms.